The van der Waals surface area contributed by atoms with Gasteiger partial charge in [0, 0.05) is 21.0 Å². The van der Waals surface area contributed by atoms with Gasteiger partial charge in [-0.25, -0.2) is 0 Å². The Balaban J connectivity index is 1.58. The van der Waals surface area contributed by atoms with E-state index in [1.165, 1.54) is 0 Å². The Morgan fingerprint density at radius 2 is 1.84 bits per heavy atom. The van der Waals surface area contributed by atoms with Crippen molar-refractivity contribution in [2.45, 2.75) is 50.3 Å². The van der Waals surface area contributed by atoms with Crippen molar-refractivity contribution in [3.8, 4) is 5.75 Å². The summed E-state index contributed by atoms with van der Waals surface area (Å²) < 4.78 is 12.6. The van der Waals surface area contributed by atoms with E-state index in [2.05, 4.69) is 13.0 Å². The van der Waals surface area contributed by atoms with Gasteiger partial charge in [0.25, 0.3) is 0 Å². The van der Waals surface area contributed by atoms with E-state index in [1.807, 2.05) is 24.3 Å². The Labute approximate surface area is 195 Å². The summed E-state index contributed by atoms with van der Waals surface area (Å²) in [4.78, 5) is 1.13. The van der Waals surface area contributed by atoms with E-state index in [1.54, 1.807) is 23.5 Å². The second kappa shape index (κ2) is 10.1. The minimum absolute atomic E-state index is 0.465. The van der Waals surface area contributed by atoms with Gasteiger partial charge in [-0.1, -0.05) is 30.7 Å². The second-order valence-corrected chi connectivity index (χ2v) is 9.61. The molecule has 0 radical (unpaired) electrons. The molecule has 0 spiro atoms. The van der Waals surface area contributed by atoms with E-state index in [4.69, 9.17) is 21.1 Å². The van der Waals surface area contributed by atoms with Gasteiger partial charge in [0.05, 0.1) is 13.2 Å². The molecule has 4 rings (SSSR count). The van der Waals surface area contributed by atoms with Crippen molar-refractivity contribution in [2.75, 3.05) is 13.2 Å². The average Bonchev–Trinajstić information content (AvgIpc) is 3.19. The molecule has 3 aromatic rings. The lowest BCUT2D eigenvalue weighted by atomic mass is 9.90. The molecule has 4 N–H and O–H groups in total. The van der Waals surface area contributed by atoms with E-state index in [9.17, 15) is 20.4 Å². The normalized spacial score (nSPS) is 25.9. The monoisotopic (exact) mass is 478 g/mol. The summed E-state index contributed by atoms with van der Waals surface area (Å²) in [5, 5.41) is 41.8. The van der Waals surface area contributed by atoms with E-state index in [-0.39, 0.29) is 0 Å². The lowest BCUT2D eigenvalue weighted by Gasteiger charge is -2.40. The standard InChI is InChI=1S/C24H27ClO6S/c1-2-7-30-16-5-3-13-9-17(32-20(13)11-16)10-15-8-14(4-6-18(15)25)24-23(29)22(28)21(27)19(12-26)31-24/h3-6,8-9,11,19,21-24,26-29H,2,7,10,12H2,1H3/t19-,21-,22+,23-,24+/m1/s1. The van der Waals surface area contributed by atoms with Crippen LogP contribution in [0.4, 0.5) is 0 Å². The molecule has 1 aliphatic heterocycles. The number of aliphatic hydroxyl groups is 4. The molecule has 6 nitrogen and oxygen atoms in total. The maximum atomic E-state index is 10.4. The molecule has 172 valence electrons. The molecule has 1 aromatic heterocycles. The van der Waals surface area contributed by atoms with E-state index in [0.29, 0.717) is 23.6 Å². The molecule has 1 aliphatic rings. The highest BCUT2D eigenvalue weighted by Crippen LogP contribution is 2.36. The van der Waals surface area contributed by atoms with Gasteiger partial charge in [0.2, 0.25) is 0 Å². The van der Waals surface area contributed by atoms with Crippen molar-refractivity contribution < 1.29 is 29.9 Å². The molecule has 1 saturated heterocycles. The van der Waals surface area contributed by atoms with Gasteiger partial charge in [-0.05, 0) is 53.3 Å². The fourth-order valence-corrected chi connectivity index (χ4v) is 5.24. The third-order valence-corrected chi connectivity index (χ3v) is 7.14. The highest BCUT2D eigenvalue weighted by atomic mass is 35.5. The van der Waals surface area contributed by atoms with Gasteiger partial charge in [-0.3, -0.25) is 0 Å². The average molecular weight is 479 g/mol. The van der Waals surface area contributed by atoms with Crippen molar-refractivity contribution in [1.82, 2.24) is 0 Å². The number of halogens is 1. The van der Waals surface area contributed by atoms with Gasteiger partial charge in [-0.15, -0.1) is 11.3 Å². The van der Waals surface area contributed by atoms with Gasteiger partial charge in [0.1, 0.15) is 36.3 Å². The number of fused-ring (bicyclic) bond motifs is 1. The van der Waals surface area contributed by atoms with Crippen LogP contribution in [0.2, 0.25) is 5.02 Å². The fourth-order valence-electron chi connectivity index (χ4n) is 3.94. The van der Waals surface area contributed by atoms with Gasteiger partial charge >= 0.3 is 0 Å². The quantitative estimate of drug-likeness (QED) is 0.415. The second-order valence-electron chi connectivity index (χ2n) is 8.04. The summed E-state index contributed by atoms with van der Waals surface area (Å²) in [5.74, 6) is 0.857. The Morgan fingerprint density at radius 3 is 2.59 bits per heavy atom. The summed E-state index contributed by atoms with van der Waals surface area (Å²) >= 11 is 8.13. The minimum Gasteiger partial charge on any atom is -0.494 e. The van der Waals surface area contributed by atoms with Crippen LogP contribution < -0.4 is 4.74 Å². The van der Waals surface area contributed by atoms with Crippen molar-refractivity contribution in [1.29, 1.82) is 0 Å². The van der Waals surface area contributed by atoms with E-state index in [0.717, 1.165) is 32.7 Å². The smallest absolute Gasteiger partial charge is 0.120 e. The van der Waals surface area contributed by atoms with Gasteiger partial charge in [0.15, 0.2) is 0 Å². The number of aliphatic hydroxyl groups excluding tert-OH is 4. The lowest BCUT2D eigenvalue weighted by Crippen LogP contribution is -2.55. The van der Waals surface area contributed by atoms with Crippen LogP contribution in [0.15, 0.2) is 42.5 Å². The van der Waals surface area contributed by atoms with Crippen LogP contribution in [0, 0.1) is 0 Å². The zero-order chi connectivity index (χ0) is 22.8. The van der Waals surface area contributed by atoms with Crippen LogP contribution in [0.1, 0.15) is 35.5 Å². The first kappa shape index (κ1) is 23.4. The number of rotatable bonds is 7. The van der Waals surface area contributed by atoms with Gasteiger partial charge in [-0.2, -0.15) is 0 Å². The Hall–Kier alpha value is -1.71. The third-order valence-electron chi connectivity index (χ3n) is 5.67. The van der Waals surface area contributed by atoms with Gasteiger partial charge < -0.3 is 29.9 Å². The van der Waals surface area contributed by atoms with E-state index >= 15 is 0 Å². The zero-order valence-corrected chi connectivity index (χ0v) is 19.2. The summed E-state index contributed by atoms with van der Waals surface area (Å²) in [6.07, 6.45) is -4.43. The molecule has 0 saturated carbocycles. The number of ether oxygens (including phenoxy) is 2. The SMILES string of the molecule is CCCOc1ccc2cc(Cc3cc([C@@H]4O[C@H](CO)[C@@H](O)[C@H](O)[C@H]4O)ccc3Cl)sc2c1. The molecule has 32 heavy (non-hydrogen) atoms. The molecule has 5 atom stereocenters. The van der Waals surface area contributed by atoms with Crippen molar-refractivity contribution in [3.05, 3.63) is 63.5 Å². The molecule has 0 unspecified atom stereocenters. The highest BCUT2D eigenvalue weighted by molar-refractivity contribution is 7.19. The van der Waals surface area contributed by atoms with Crippen LogP contribution in [0.25, 0.3) is 10.1 Å². The summed E-state index contributed by atoms with van der Waals surface area (Å²) in [6.45, 7) is 2.29. The molecule has 0 bridgehead atoms. The first-order valence-corrected chi connectivity index (χ1v) is 11.8. The number of hydrogen-bond donors (Lipinski definition) is 4. The Bertz CT molecular complexity index is 1070. The lowest BCUT2D eigenvalue weighted by molar-refractivity contribution is -0.231. The van der Waals surface area contributed by atoms with Crippen molar-refractivity contribution in [3.63, 3.8) is 0 Å². The molecular formula is C24H27ClO6S. The Kier molecular flexibility index (Phi) is 7.37. The summed E-state index contributed by atoms with van der Waals surface area (Å²) in [5.41, 5.74) is 1.48. The summed E-state index contributed by atoms with van der Waals surface area (Å²) in [7, 11) is 0. The fraction of sp³-hybridized carbons (Fsp3) is 0.417. The minimum atomic E-state index is -1.42. The molecule has 1 fully saturated rings. The molecule has 2 heterocycles. The summed E-state index contributed by atoms with van der Waals surface area (Å²) in [6, 6.07) is 13.5. The topological polar surface area (TPSA) is 99.4 Å². The predicted octanol–water partition coefficient (Wildman–Crippen LogP) is 3.45. The van der Waals surface area contributed by atoms with Crippen LogP contribution in [0.3, 0.4) is 0 Å². The highest BCUT2D eigenvalue weighted by Gasteiger charge is 2.44. The van der Waals surface area contributed by atoms with Crippen LogP contribution >= 0.6 is 22.9 Å². The first-order valence-electron chi connectivity index (χ1n) is 10.7. The third kappa shape index (κ3) is 4.79. The number of thiophene rings is 1. The number of benzene rings is 2. The largest absolute Gasteiger partial charge is 0.494 e. The molecule has 2 aromatic carbocycles. The molecular weight excluding hydrogens is 452 g/mol. The molecule has 0 aliphatic carbocycles. The maximum Gasteiger partial charge on any atom is 0.120 e. The predicted molar refractivity (Wildman–Crippen MR) is 125 cm³/mol. The molecule has 8 heteroatoms. The van der Waals surface area contributed by atoms with E-state index < -0.39 is 37.1 Å². The maximum absolute atomic E-state index is 10.4. The Morgan fingerprint density at radius 1 is 1.03 bits per heavy atom. The number of hydrogen-bond acceptors (Lipinski definition) is 7. The van der Waals surface area contributed by atoms with Crippen LogP contribution in [-0.4, -0.2) is 58.1 Å². The van der Waals surface area contributed by atoms with Crippen molar-refractivity contribution >= 4 is 33.0 Å². The molecule has 0 amide bonds. The van der Waals surface area contributed by atoms with Crippen LogP contribution in [0.5, 0.6) is 5.75 Å². The zero-order valence-electron chi connectivity index (χ0n) is 17.6. The van der Waals surface area contributed by atoms with Crippen molar-refractivity contribution in [2.24, 2.45) is 0 Å². The first-order chi connectivity index (χ1) is 15.4. The van der Waals surface area contributed by atoms with Crippen LogP contribution in [-0.2, 0) is 11.2 Å².